The molecule has 0 spiro atoms. The van der Waals surface area contributed by atoms with E-state index in [2.05, 4.69) is 5.32 Å². The van der Waals surface area contributed by atoms with Crippen molar-refractivity contribution in [3.63, 3.8) is 0 Å². The Morgan fingerprint density at radius 1 is 1.26 bits per heavy atom. The molecule has 0 heterocycles. The number of rotatable bonds is 6. The third-order valence-electron chi connectivity index (χ3n) is 2.72. The van der Waals surface area contributed by atoms with Gasteiger partial charge in [-0.25, -0.2) is 13.6 Å². The zero-order valence-corrected chi connectivity index (χ0v) is 12.0. The van der Waals surface area contributed by atoms with Crippen LogP contribution in [-0.4, -0.2) is 20.9 Å². The van der Waals surface area contributed by atoms with Crippen LogP contribution in [0.15, 0.2) is 29.2 Å². The second-order valence-electron chi connectivity index (χ2n) is 4.74. The molecule has 0 fully saturated rings. The lowest BCUT2D eigenvalue weighted by Crippen LogP contribution is -2.28. The van der Waals surface area contributed by atoms with Crippen LogP contribution in [-0.2, 0) is 21.2 Å². The van der Waals surface area contributed by atoms with E-state index in [0.29, 0.717) is 6.54 Å². The van der Waals surface area contributed by atoms with E-state index in [0.717, 1.165) is 18.4 Å². The van der Waals surface area contributed by atoms with E-state index in [1.54, 1.807) is 12.1 Å². The van der Waals surface area contributed by atoms with Gasteiger partial charge in [-0.05, 0) is 30.5 Å². The van der Waals surface area contributed by atoms with Crippen molar-refractivity contribution in [2.75, 3.05) is 6.54 Å². The molecule has 106 valence electrons. The van der Waals surface area contributed by atoms with Gasteiger partial charge in [0.1, 0.15) is 0 Å². The lowest BCUT2D eigenvalue weighted by molar-refractivity contribution is -0.123. The Morgan fingerprint density at radius 2 is 1.84 bits per heavy atom. The van der Waals surface area contributed by atoms with Gasteiger partial charge in [-0.15, -0.1) is 0 Å². The summed E-state index contributed by atoms with van der Waals surface area (Å²) < 4.78 is 22.1. The summed E-state index contributed by atoms with van der Waals surface area (Å²) in [6, 6.07) is 6.47. The van der Waals surface area contributed by atoms with Crippen LogP contribution in [0.2, 0.25) is 0 Å². The number of hydrogen-bond acceptors (Lipinski definition) is 3. The molecule has 0 saturated heterocycles. The lowest BCUT2D eigenvalue weighted by atomic mass is 10.1. The van der Waals surface area contributed by atoms with Crippen LogP contribution in [0.3, 0.4) is 0 Å². The van der Waals surface area contributed by atoms with Gasteiger partial charge in [-0.2, -0.15) is 0 Å². The van der Waals surface area contributed by atoms with Crippen LogP contribution in [0, 0.1) is 5.92 Å². The summed E-state index contributed by atoms with van der Waals surface area (Å²) in [5.41, 5.74) is 1.02. The first kappa shape index (κ1) is 15.7. The Balaban J connectivity index is 2.41. The molecule has 0 saturated carbocycles. The predicted molar refractivity (Wildman–Crippen MR) is 74.0 cm³/mol. The van der Waals surface area contributed by atoms with E-state index >= 15 is 0 Å². The number of carbonyl (C=O) groups is 1. The highest BCUT2D eigenvalue weighted by Gasteiger charge is 2.07. The number of carbonyl (C=O) groups excluding carboxylic acids is 1. The van der Waals surface area contributed by atoms with Crippen molar-refractivity contribution < 1.29 is 13.2 Å². The summed E-state index contributed by atoms with van der Waals surface area (Å²) in [6.07, 6.45) is 1.59. The van der Waals surface area contributed by atoms with E-state index in [4.69, 9.17) is 5.14 Å². The van der Waals surface area contributed by atoms with Crippen LogP contribution in [0.1, 0.15) is 25.8 Å². The minimum Gasteiger partial charge on any atom is -0.356 e. The molecule has 1 aromatic carbocycles. The molecule has 0 aliphatic heterocycles. The van der Waals surface area contributed by atoms with Gasteiger partial charge in [0.05, 0.1) is 4.90 Å². The molecule has 0 atom stereocenters. The van der Waals surface area contributed by atoms with Crippen molar-refractivity contribution >= 4 is 15.9 Å². The Hall–Kier alpha value is -1.40. The van der Waals surface area contributed by atoms with E-state index in [9.17, 15) is 13.2 Å². The van der Waals surface area contributed by atoms with E-state index in [1.807, 2.05) is 13.8 Å². The minimum atomic E-state index is -3.62. The molecule has 1 aromatic rings. The highest BCUT2D eigenvalue weighted by atomic mass is 32.2. The summed E-state index contributed by atoms with van der Waals surface area (Å²) in [5.74, 6) is 0.0404. The average molecular weight is 284 g/mol. The van der Waals surface area contributed by atoms with Gasteiger partial charge >= 0.3 is 0 Å². The molecule has 0 aliphatic rings. The quantitative estimate of drug-likeness (QED) is 0.765. The first-order chi connectivity index (χ1) is 8.80. The summed E-state index contributed by atoms with van der Waals surface area (Å²) in [6.45, 7) is 4.32. The number of amides is 1. The first-order valence-corrected chi connectivity index (χ1v) is 7.75. The van der Waals surface area contributed by atoms with Gasteiger partial charge in [0.15, 0.2) is 0 Å². The minimum absolute atomic E-state index is 0.00551. The van der Waals surface area contributed by atoms with Crippen LogP contribution in [0.5, 0.6) is 0 Å². The summed E-state index contributed by atoms with van der Waals surface area (Å²) in [4.78, 5) is 11.4. The Bertz CT molecular complexity index is 521. The molecule has 0 radical (unpaired) electrons. The van der Waals surface area contributed by atoms with Gasteiger partial charge in [-0.1, -0.05) is 26.0 Å². The van der Waals surface area contributed by atoms with Crippen molar-refractivity contribution in [2.24, 2.45) is 11.1 Å². The summed E-state index contributed by atoms with van der Waals surface area (Å²) in [5, 5.41) is 7.85. The van der Waals surface area contributed by atoms with Crippen LogP contribution < -0.4 is 10.5 Å². The molecule has 1 amide bonds. The molecule has 1 rings (SSSR count). The molecule has 0 bridgehead atoms. The number of nitrogens with two attached hydrogens (primary N) is 1. The maximum atomic E-state index is 11.3. The van der Waals surface area contributed by atoms with Crippen LogP contribution in [0.4, 0.5) is 0 Å². The van der Waals surface area contributed by atoms with Gasteiger partial charge < -0.3 is 5.32 Å². The first-order valence-electron chi connectivity index (χ1n) is 6.20. The van der Waals surface area contributed by atoms with Gasteiger partial charge in [0.2, 0.25) is 15.9 Å². The van der Waals surface area contributed by atoms with Crippen molar-refractivity contribution in [3.05, 3.63) is 29.8 Å². The van der Waals surface area contributed by atoms with E-state index < -0.39 is 10.0 Å². The highest BCUT2D eigenvalue weighted by Crippen LogP contribution is 2.10. The average Bonchev–Trinajstić information content (AvgIpc) is 2.33. The molecular formula is C13H20N2O3S. The molecule has 6 heteroatoms. The summed E-state index contributed by atoms with van der Waals surface area (Å²) in [7, 11) is -3.62. The number of benzene rings is 1. The second kappa shape index (κ2) is 6.68. The SMILES string of the molecule is CC(C)C(=O)NCCCc1ccc(S(N)(=O)=O)cc1. The Kier molecular flexibility index (Phi) is 5.50. The Labute approximate surface area is 114 Å². The number of hydrogen-bond donors (Lipinski definition) is 2. The number of aryl methyl sites for hydroxylation is 1. The fourth-order valence-corrected chi connectivity index (χ4v) is 2.07. The molecule has 0 aromatic heterocycles. The molecule has 0 unspecified atom stereocenters. The fraction of sp³-hybridized carbons (Fsp3) is 0.462. The number of sulfonamides is 1. The zero-order valence-electron chi connectivity index (χ0n) is 11.2. The van der Waals surface area contributed by atoms with Crippen molar-refractivity contribution in [1.29, 1.82) is 0 Å². The molecule has 3 N–H and O–H groups in total. The van der Waals surface area contributed by atoms with Crippen molar-refractivity contribution in [1.82, 2.24) is 5.32 Å². The second-order valence-corrected chi connectivity index (χ2v) is 6.30. The number of primary sulfonamides is 1. The van der Waals surface area contributed by atoms with E-state index in [1.165, 1.54) is 12.1 Å². The molecule has 0 aliphatic carbocycles. The zero-order chi connectivity index (χ0) is 14.5. The maximum absolute atomic E-state index is 11.3. The van der Waals surface area contributed by atoms with Gasteiger partial charge in [0.25, 0.3) is 0 Å². The molecule has 5 nitrogen and oxygen atoms in total. The fourth-order valence-electron chi connectivity index (χ4n) is 1.55. The third-order valence-corrected chi connectivity index (χ3v) is 3.65. The van der Waals surface area contributed by atoms with Crippen LogP contribution in [0.25, 0.3) is 0 Å². The molecular weight excluding hydrogens is 264 g/mol. The lowest BCUT2D eigenvalue weighted by Gasteiger charge is -2.07. The third kappa shape index (κ3) is 5.40. The Morgan fingerprint density at radius 3 is 2.32 bits per heavy atom. The maximum Gasteiger partial charge on any atom is 0.238 e. The van der Waals surface area contributed by atoms with Gasteiger partial charge in [-0.3, -0.25) is 4.79 Å². The van der Waals surface area contributed by atoms with E-state index in [-0.39, 0.29) is 16.7 Å². The molecule has 19 heavy (non-hydrogen) atoms. The van der Waals surface area contributed by atoms with Crippen LogP contribution >= 0.6 is 0 Å². The predicted octanol–water partition coefficient (Wildman–Crippen LogP) is 1.04. The highest BCUT2D eigenvalue weighted by molar-refractivity contribution is 7.89. The van der Waals surface area contributed by atoms with Crippen molar-refractivity contribution in [3.8, 4) is 0 Å². The smallest absolute Gasteiger partial charge is 0.238 e. The largest absolute Gasteiger partial charge is 0.356 e. The number of nitrogens with one attached hydrogen (secondary N) is 1. The monoisotopic (exact) mass is 284 g/mol. The standard InChI is InChI=1S/C13H20N2O3S/c1-10(2)13(16)15-9-3-4-11-5-7-12(8-6-11)19(14,17)18/h5-8,10H,3-4,9H2,1-2H3,(H,15,16)(H2,14,17,18). The summed E-state index contributed by atoms with van der Waals surface area (Å²) >= 11 is 0. The topological polar surface area (TPSA) is 89.3 Å². The normalized spacial score (nSPS) is 11.6. The van der Waals surface area contributed by atoms with Gasteiger partial charge in [0, 0.05) is 12.5 Å². The van der Waals surface area contributed by atoms with Crippen molar-refractivity contribution in [2.45, 2.75) is 31.6 Å².